The predicted molar refractivity (Wildman–Crippen MR) is 98.2 cm³/mol. The van der Waals surface area contributed by atoms with Gasteiger partial charge in [0, 0.05) is 16.3 Å². The Hall–Kier alpha value is -1.88. The zero-order valence-corrected chi connectivity index (χ0v) is 13.9. The minimum atomic E-state index is -0.0220. The van der Waals surface area contributed by atoms with Crippen LogP contribution in [0, 0.1) is 3.57 Å². The summed E-state index contributed by atoms with van der Waals surface area (Å²) in [6, 6.07) is 15.9. The summed E-state index contributed by atoms with van der Waals surface area (Å²) in [5.74, 6) is -0.0220. The summed E-state index contributed by atoms with van der Waals surface area (Å²) in [4.78, 5) is 11.8. The van der Waals surface area contributed by atoms with E-state index in [4.69, 9.17) is 0 Å². The van der Waals surface area contributed by atoms with Crippen LogP contribution in [0.15, 0.2) is 60.7 Å². The third-order valence-corrected chi connectivity index (χ3v) is 3.67. The van der Waals surface area contributed by atoms with Gasteiger partial charge in [-0.25, -0.2) is 0 Å². The number of carbonyl (C=O) groups excluding carboxylic acids is 1. The van der Waals surface area contributed by atoms with Crippen molar-refractivity contribution in [2.45, 2.75) is 0 Å². The van der Waals surface area contributed by atoms with E-state index in [1.165, 1.54) is 3.57 Å². The van der Waals surface area contributed by atoms with Crippen molar-refractivity contribution in [1.82, 2.24) is 0 Å². The molecule has 0 saturated carbocycles. The van der Waals surface area contributed by atoms with E-state index in [9.17, 15) is 4.79 Å². The van der Waals surface area contributed by atoms with Crippen LogP contribution in [0.25, 0.3) is 12.2 Å². The maximum Gasteiger partial charge on any atom is 0.178 e. The van der Waals surface area contributed by atoms with Crippen LogP contribution >= 0.6 is 22.6 Å². The number of benzene rings is 2. The first-order valence-corrected chi connectivity index (χ1v) is 7.69. The second kappa shape index (κ2) is 7.78. The zero-order valence-electron chi connectivity index (χ0n) is 11.7. The number of carbonyl (C=O) groups is 1. The van der Waals surface area contributed by atoms with Gasteiger partial charge in [0.1, 0.15) is 0 Å². The first-order chi connectivity index (χ1) is 10.2. The summed E-state index contributed by atoms with van der Waals surface area (Å²) in [5.41, 5.74) is 3.08. The number of allylic oxidation sites excluding steroid dienone is 2. The van der Waals surface area contributed by atoms with E-state index in [-0.39, 0.29) is 5.78 Å². The third-order valence-electron chi connectivity index (χ3n) is 2.95. The molecule has 0 fully saturated rings. The quantitative estimate of drug-likeness (QED) is 0.597. The number of hydrogen-bond acceptors (Lipinski definition) is 2. The molecule has 21 heavy (non-hydrogen) atoms. The Morgan fingerprint density at radius 1 is 0.905 bits per heavy atom. The maximum absolute atomic E-state index is 11.8. The summed E-state index contributed by atoms with van der Waals surface area (Å²) >= 11 is 2.26. The third kappa shape index (κ3) is 5.19. The highest BCUT2D eigenvalue weighted by atomic mass is 127. The molecule has 0 amide bonds. The topological polar surface area (TPSA) is 29.1 Å². The SMILES string of the molecule is CNc1ccc(/C=C/C(=O)/C=C/c2ccc(I)cc2)cc1. The average Bonchev–Trinajstić information content (AvgIpc) is 2.53. The summed E-state index contributed by atoms with van der Waals surface area (Å²) in [6.07, 6.45) is 6.81. The Balaban J connectivity index is 1.96. The molecular weight excluding hydrogens is 373 g/mol. The van der Waals surface area contributed by atoms with Gasteiger partial charge in [0.25, 0.3) is 0 Å². The van der Waals surface area contributed by atoms with Crippen molar-refractivity contribution in [3.05, 3.63) is 75.4 Å². The van der Waals surface area contributed by atoms with Crippen LogP contribution in [0.1, 0.15) is 11.1 Å². The first kappa shape index (κ1) is 15.5. The van der Waals surface area contributed by atoms with Crippen LogP contribution in [-0.4, -0.2) is 12.8 Å². The molecule has 0 aromatic heterocycles. The molecule has 1 N–H and O–H groups in total. The van der Waals surface area contributed by atoms with Gasteiger partial charge in [-0.05, 0) is 70.1 Å². The van der Waals surface area contributed by atoms with Crippen molar-refractivity contribution in [3.8, 4) is 0 Å². The number of nitrogens with one attached hydrogen (secondary N) is 1. The smallest absolute Gasteiger partial charge is 0.178 e. The van der Waals surface area contributed by atoms with Crippen LogP contribution in [-0.2, 0) is 4.79 Å². The Kier molecular flexibility index (Phi) is 5.75. The largest absolute Gasteiger partial charge is 0.388 e. The number of anilines is 1. The number of ketones is 1. The van der Waals surface area contributed by atoms with Crippen molar-refractivity contribution < 1.29 is 4.79 Å². The van der Waals surface area contributed by atoms with Gasteiger partial charge in [-0.2, -0.15) is 0 Å². The van der Waals surface area contributed by atoms with Gasteiger partial charge in [-0.3, -0.25) is 4.79 Å². The summed E-state index contributed by atoms with van der Waals surface area (Å²) < 4.78 is 1.18. The summed E-state index contributed by atoms with van der Waals surface area (Å²) in [7, 11) is 1.88. The molecule has 0 bridgehead atoms. The van der Waals surface area contributed by atoms with Gasteiger partial charge in [-0.1, -0.05) is 36.4 Å². The summed E-state index contributed by atoms with van der Waals surface area (Å²) in [5, 5.41) is 3.06. The van der Waals surface area contributed by atoms with E-state index >= 15 is 0 Å². The Morgan fingerprint density at radius 3 is 1.86 bits per heavy atom. The number of rotatable bonds is 5. The van der Waals surface area contributed by atoms with Gasteiger partial charge >= 0.3 is 0 Å². The van der Waals surface area contributed by atoms with Gasteiger partial charge < -0.3 is 5.32 Å². The van der Waals surface area contributed by atoms with Gasteiger partial charge in [-0.15, -0.1) is 0 Å². The van der Waals surface area contributed by atoms with E-state index in [0.29, 0.717) is 0 Å². The standard InChI is InChI=1S/C18H16INO/c1-20-17-10-4-15(5-11-17)7-13-18(21)12-6-14-2-8-16(19)9-3-14/h2-13,20H,1H3/b12-6+,13-7+. The Labute approximate surface area is 138 Å². The highest BCUT2D eigenvalue weighted by Crippen LogP contribution is 2.10. The van der Waals surface area contributed by atoms with Crippen molar-refractivity contribution in [2.24, 2.45) is 0 Å². The summed E-state index contributed by atoms with van der Waals surface area (Å²) in [6.45, 7) is 0. The van der Waals surface area contributed by atoms with Crippen molar-refractivity contribution in [1.29, 1.82) is 0 Å². The molecule has 3 heteroatoms. The van der Waals surface area contributed by atoms with Crippen LogP contribution in [0.4, 0.5) is 5.69 Å². The minimum Gasteiger partial charge on any atom is -0.388 e. The molecular formula is C18H16INO. The fourth-order valence-corrected chi connectivity index (χ4v) is 2.11. The molecule has 0 unspecified atom stereocenters. The molecule has 0 saturated heterocycles. The maximum atomic E-state index is 11.8. The fourth-order valence-electron chi connectivity index (χ4n) is 1.75. The molecule has 0 spiro atoms. The average molecular weight is 389 g/mol. The van der Waals surface area contributed by atoms with E-state index in [2.05, 4.69) is 27.9 Å². The molecule has 0 atom stereocenters. The van der Waals surface area contributed by atoms with E-state index < -0.39 is 0 Å². The molecule has 2 aromatic rings. The van der Waals surface area contributed by atoms with Gasteiger partial charge in [0.05, 0.1) is 0 Å². The molecule has 2 aromatic carbocycles. The van der Waals surface area contributed by atoms with Crippen LogP contribution in [0.3, 0.4) is 0 Å². The van der Waals surface area contributed by atoms with Crippen LogP contribution < -0.4 is 5.32 Å². The lowest BCUT2D eigenvalue weighted by molar-refractivity contribution is -0.110. The molecule has 0 radical (unpaired) electrons. The molecule has 0 aliphatic carbocycles. The highest BCUT2D eigenvalue weighted by Gasteiger charge is 1.93. The monoisotopic (exact) mass is 389 g/mol. The van der Waals surface area contributed by atoms with E-state index in [0.717, 1.165) is 16.8 Å². The zero-order chi connectivity index (χ0) is 15.1. The lowest BCUT2D eigenvalue weighted by Crippen LogP contribution is -1.87. The number of hydrogen-bond donors (Lipinski definition) is 1. The Morgan fingerprint density at radius 2 is 1.38 bits per heavy atom. The second-order valence-electron chi connectivity index (χ2n) is 4.49. The molecule has 106 valence electrons. The van der Waals surface area contributed by atoms with E-state index in [1.54, 1.807) is 12.2 Å². The normalized spacial score (nSPS) is 11.1. The molecule has 2 rings (SSSR count). The van der Waals surface area contributed by atoms with E-state index in [1.807, 2.05) is 67.7 Å². The first-order valence-electron chi connectivity index (χ1n) is 6.61. The Bertz CT molecular complexity index is 655. The van der Waals surface area contributed by atoms with Gasteiger partial charge in [0.15, 0.2) is 5.78 Å². The van der Waals surface area contributed by atoms with Crippen LogP contribution in [0.5, 0.6) is 0 Å². The number of halogens is 1. The van der Waals surface area contributed by atoms with Crippen molar-refractivity contribution >= 4 is 46.2 Å². The van der Waals surface area contributed by atoms with Crippen molar-refractivity contribution in [3.63, 3.8) is 0 Å². The lowest BCUT2D eigenvalue weighted by Gasteiger charge is -1.99. The minimum absolute atomic E-state index is 0.0220. The van der Waals surface area contributed by atoms with Gasteiger partial charge in [0.2, 0.25) is 0 Å². The van der Waals surface area contributed by atoms with Crippen LogP contribution in [0.2, 0.25) is 0 Å². The molecule has 0 aliphatic heterocycles. The predicted octanol–water partition coefficient (Wildman–Crippen LogP) is 4.63. The fraction of sp³-hybridized carbons (Fsp3) is 0.0556. The lowest BCUT2D eigenvalue weighted by atomic mass is 10.1. The molecule has 0 heterocycles. The molecule has 2 nitrogen and oxygen atoms in total. The second-order valence-corrected chi connectivity index (χ2v) is 5.74. The highest BCUT2D eigenvalue weighted by molar-refractivity contribution is 14.1. The van der Waals surface area contributed by atoms with Crippen molar-refractivity contribution in [2.75, 3.05) is 12.4 Å². The molecule has 0 aliphatic rings.